The predicted molar refractivity (Wildman–Crippen MR) is 56.1 cm³/mol. The van der Waals surface area contributed by atoms with Gasteiger partial charge in [-0.2, -0.15) is 0 Å². The lowest BCUT2D eigenvalue weighted by Crippen LogP contribution is -2.20. The highest BCUT2D eigenvalue weighted by Crippen LogP contribution is 1.96. The average Bonchev–Trinajstić information content (AvgIpc) is 2.11. The molecule has 0 aliphatic rings. The molecule has 13 heavy (non-hydrogen) atoms. The lowest BCUT2D eigenvalue weighted by molar-refractivity contribution is -0.120. The molecule has 0 saturated carbocycles. The van der Waals surface area contributed by atoms with Crippen LogP contribution in [0.3, 0.4) is 0 Å². The number of hydrogen-bond donors (Lipinski definition) is 1. The third-order valence-corrected chi connectivity index (χ3v) is 1.42. The van der Waals surface area contributed by atoms with E-state index in [1.54, 1.807) is 6.08 Å². The predicted octanol–water partition coefficient (Wildman–Crippen LogP) is 2.55. The van der Waals surface area contributed by atoms with Gasteiger partial charge < -0.3 is 5.32 Å². The maximum absolute atomic E-state index is 11.0. The lowest BCUT2D eigenvalue weighted by Gasteiger charge is -2.02. The van der Waals surface area contributed by atoms with E-state index >= 15 is 0 Å². The highest BCUT2D eigenvalue weighted by molar-refractivity contribution is 5.77. The van der Waals surface area contributed by atoms with Gasteiger partial charge in [0.25, 0.3) is 0 Å². The van der Waals surface area contributed by atoms with E-state index in [0.29, 0.717) is 6.42 Å². The first-order valence-electron chi connectivity index (χ1n) is 4.37. The summed E-state index contributed by atoms with van der Waals surface area (Å²) in [6.07, 6.45) is 5.90. The van der Waals surface area contributed by atoms with Crippen molar-refractivity contribution in [2.75, 3.05) is 0 Å². The Morgan fingerprint density at radius 1 is 1.38 bits per heavy atom. The van der Waals surface area contributed by atoms with Gasteiger partial charge in [0.1, 0.15) is 0 Å². The minimum atomic E-state index is 0.00769. The third kappa shape index (κ3) is 5.91. The Hall–Kier alpha value is -1.31. The molecule has 2 heteroatoms. The van der Waals surface area contributed by atoms with Crippen LogP contribution in [0, 0.1) is 0 Å². The molecule has 0 unspecified atom stereocenters. The van der Waals surface area contributed by atoms with E-state index in [-0.39, 0.29) is 5.91 Å². The van der Waals surface area contributed by atoms with Crippen molar-refractivity contribution in [3.05, 3.63) is 36.1 Å². The van der Waals surface area contributed by atoms with Crippen LogP contribution in [-0.4, -0.2) is 5.91 Å². The normalized spacial score (nSPS) is 10.5. The van der Waals surface area contributed by atoms with Crippen LogP contribution in [0.5, 0.6) is 0 Å². The van der Waals surface area contributed by atoms with Gasteiger partial charge in [0.05, 0.1) is 0 Å². The summed E-state index contributed by atoms with van der Waals surface area (Å²) in [5.74, 6) is 0.00769. The van der Waals surface area contributed by atoms with Crippen molar-refractivity contribution in [2.24, 2.45) is 0 Å². The highest BCUT2D eigenvalue weighted by atomic mass is 16.1. The van der Waals surface area contributed by atoms with Crippen LogP contribution >= 0.6 is 0 Å². The fourth-order valence-electron chi connectivity index (χ4n) is 0.667. The van der Waals surface area contributed by atoms with Crippen molar-refractivity contribution in [3.8, 4) is 0 Å². The van der Waals surface area contributed by atoms with Crippen LogP contribution in [0.4, 0.5) is 0 Å². The summed E-state index contributed by atoms with van der Waals surface area (Å²) in [5.41, 5.74) is 1.93. The van der Waals surface area contributed by atoms with Crippen molar-refractivity contribution in [3.63, 3.8) is 0 Å². The van der Waals surface area contributed by atoms with Crippen LogP contribution in [0.15, 0.2) is 36.1 Å². The van der Waals surface area contributed by atoms with Gasteiger partial charge in [0.15, 0.2) is 0 Å². The Balaban J connectivity index is 4.34. The minimum Gasteiger partial charge on any atom is -0.326 e. The SMILES string of the molecule is C=C/C(=C\C=C(C)C)NC(=O)CC. The topological polar surface area (TPSA) is 29.1 Å². The molecule has 1 amide bonds. The first-order chi connectivity index (χ1) is 6.10. The van der Waals surface area contributed by atoms with E-state index in [0.717, 1.165) is 5.70 Å². The first-order valence-corrected chi connectivity index (χ1v) is 4.37. The summed E-state index contributed by atoms with van der Waals surface area (Å²) in [6, 6.07) is 0. The average molecular weight is 179 g/mol. The van der Waals surface area contributed by atoms with E-state index in [1.165, 1.54) is 5.57 Å². The first kappa shape index (κ1) is 11.7. The number of nitrogens with one attached hydrogen (secondary N) is 1. The Kier molecular flexibility index (Phi) is 5.60. The van der Waals surface area contributed by atoms with E-state index in [2.05, 4.69) is 11.9 Å². The second kappa shape index (κ2) is 6.23. The second-order valence-electron chi connectivity index (χ2n) is 2.97. The van der Waals surface area contributed by atoms with Crippen molar-refractivity contribution in [2.45, 2.75) is 27.2 Å². The van der Waals surface area contributed by atoms with Crippen LogP contribution in [0.2, 0.25) is 0 Å². The van der Waals surface area contributed by atoms with Crippen LogP contribution in [-0.2, 0) is 4.79 Å². The number of allylic oxidation sites excluding steroid dienone is 4. The van der Waals surface area contributed by atoms with Gasteiger partial charge in [-0.05, 0) is 26.0 Å². The summed E-state index contributed by atoms with van der Waals surface area (Å²) in [7, 11) is 0. The fourth-order valence-corrected chi connectivity index (χ4v) is 0.667. The molecule has 2 nitrogen and oxygen atoms in total. The third-order valence-electron chi connectivity index (χ3n) is 1.42. The number of rotatable bonds is 4. The molecule has 0 spiro atoms. The monoisotopic (exact) mass is 179 g/mol. The Morgan fingerprint density at radius 3 is 2.38 bits per heavy atom. The van der Waals surface area contributed by atoms with Gasteiger partial charge in [-0.15, -0.1) is 0 Å². The zero-order valence-electron chi connectivity index (χ0n) is 8.55. The van der Waals surface area contributed by atoms with Crippen LogP contribution in [0.25, 0.3) is 0 Å². The Bertz CT molecular complexity index is 245. The van der Waals surface area contributed by atoms with Crippen LogP contribution < -0.4 is 5.32 Å². The highest BCUT2D eigenvalue weighted by Gasteiger charge is 1.96. The summed E-state index contributed by atoms with van der Waals surface area (Å²) < 4.78 is 0. The maximum Gasteiger partial charge on any atom is 0.224 e. The molecular weight excluding hydrogens is 162 g/mol. The quantitative estimate of drug-likeness (QED) is 0.660. The molecule has 0 heterocycles. The Labute approximate surface area is 80.0 Å². The summed E-state index contributed by atoms with van der Waals surface area (Å²) in [5, 5.41) is 2.73. The zero-order valence-corrected chi connectivity index (χ0v) is 8.55. The molecule has 0 aliphatic heterocycles. The smallest absolute Gasteiger partial charge is 0.224 e. The lowest BCUT2D eigenvalue weighted by atomic mass is 10.3. The number of amides is 1. The molecule has 1 N–H and O–H groups in total. The van der Waals surface area contributed by atoms with E-state index < -0.39 is 0 Å². The number of carbonyl (C=O) groups excluding carboxylic acids is 1. The molecule has 0 aromatic rings. The molecule has 0 atom stereocenters. The van der Waals surface area contributed by atoms with Crippen LogP contribution in [0.1, 0.15) is 27.2 Å². The van der Waals surface area contributed by atoms with Gasteiger partial charge >= 0.3 is 0 Å². The van der Waals surface area contributed by atoms with Crippen molar-refractivity contribution >= 4 is 5.91 Å². The van der Waals surface area contributed by atoms with Gasteiger partial charge in [0, 0.05) is 12.1 Å². The van der Waals surface area contributed by atoms with Crippen molar-refractivity contribution in [1.29, 1.82) is 0 Å². The number of hydrogen-bond acceptors (Lipinski definition) is 1. The fraction of sp³-hybridized carbons (Fsp3) is 0.364. The largest absolute Gasteiger partial charge is 0.326 e. The molecule has 0 aliphatic carbocycles. The summed E-state index contributed by atoms with van der Waals surface area (Å²) >= 11 is 0. The van der Waals surface area contributed by atoms with Crippen molar-refractivity contribution < 1.29 is 4.79 Å². The van der Waals surface area contributed by atoms with E-state index in [4.69, 9.17) is 0 Å². The minimum absolute atomic E-state index is 0.00769. The van der Waals surface area contributed by atoms with E-state index in [1.807, 2.05) is 32.9 Å². The molecular formula is C11H17NO. The standard InChI is InChI=1S/C11H17NO/c1-5-10(8-7-9(3)4)12-11(13)6-2/h5,7-8H,1,6H2,2-4H3,(H,12,13)/b10-8+. The molecule has 0 saturated heterocycles. The second-order valence-corrected chi connectivity index (χ2v) is 2.97. The van der Waals surface area contributed by atoms with E-state index in [9.17, 15) is 4.79 Å². The van der Waals surface area contributed by atoms with Crippen molar-refractivity contribution in [1.82, 2.24) is 5.32 Å². The molecule has 0 aromatic heterocycles. The summed E-state index contributed by atoms with van der Waals surface area (Å²) in [6.45, 7) is 9.43. The Morgan fingerprint density at radius 2 is 2.00 bits per heavy atom. The molecule has 0 radical (unpaired) electrons. The van der Waals surface area contributed by atoms with Gasteiger partial charge in [-0.1, -0.05) is 25.2 Å². The van der Waals surface area contributed by atoms with Gasteiger partial charge in [-0.25, -0.2) is 0 Å². The molecule has 0 fully saturated rings. The molecule has 0 rings (SSSR count). The molecule has 0 bridgehead atoms. The van der Waals surface area contributed by atoms with Gasteiger partial charge in [0.2, 0.25) is 5.91 Å². The molecule has 0 aromatic carbocycles. The van der Waals surface area contributed by atoms with Gasteiger partial charge in [-0.3, -0.25) is 4.79 Å². The molecule has 72 valence electrons. The summed E-state index contributed by atoms with van der Waals surface area (Å²) in [4.78, 5) is 11.0. The maximum atomic E-state index is 11.0. The number of carbonyl (C=O) groups is 1. The zero-order chi connectivity index (χ0) is 10.3.